The van der Waals surface area contributed by atoms with Crippen LogP contribution in [0.15, 0.2) is 67.0 Å². The first-order valence-corrected chi connectivity index (χ1v) is 11.2. The predicted octanol–water partition coefficient (Wildman–Crippen LogP) is 4.68. The molecule has 34 heavy (non-hydrogen) atoms. The number of hydrogen-bond acceptors (Lipinski definition) is 4. The van der Waals surface area contributed by atoms with E-state index >= 15 is 0 Å². The van der Waals surface area contributed by atoms with Gasteiger partial charge in [-0.15, -0.1) is 0 Å². The highest BCUT2D eigenvalue weighted by Gasteiger charge is 2.24. The second-order valence-electron chi connectivity index (χ2n) is 8.18. The average molecular weight is 462 g/mol. The van der Waals surface area contributed by atoms with Gasteiger partial charge in [-0.2, -0.15) is 0 Å². The van der Waals surface area contributed by atoms with Gasteiger partial charge in [-0.25, -0.2) is 9.37 Å². The Morgan fingerprint density at radius 1 is 1.09 bits per heavy atom. The molecule has 0 saturated heterocycles. The number of nitrogens with one attached hydrogen (secondary N) is 1. The fourth-order valence-electron chi connectivity index (χ4n) is 4.13. The van der Waals surface area contributed by atoms with Crippen LogP contribution in [0.2, 0.25) is 0 Å². The summed E-state index contributed by atoms with van der Waals surface area (Å²) in [4.78, 5) is 17.4. The van der Waals surface area contributed by atoms with E-state index in [0.717, 1.165) is 22.5 Å². The van der Waals surface area contributed by atoms with E-state index in [-0.39, 0.29) is 18.1 Å². The Kier molecular flexibility index (Phi) is 7.11. The number of carbonyl (C=O) groups excluding carboxylic acids is 1. The molecule has 176 valence electrons. The maximum absolute atomic E-state index is 14.8. The predicted molar refractivity (Wildman–Crippen MR) is 129 cm³/mol. The van der Waals surface area contributed by atoms with Crippen LogP contribution in [0, 0.1) is 12.7 Å². The van der Waals surface area contributed by atoms with Gasteiger partial charge in [0.2, 0.25) is 5.91 Å². The second kappa shape index (κ2) is 10.4. The van der Waals surface area contributed by atoms with E-state index < -0.39 is 5.92 Å². The van der Waals surface area contributed by atoms with Gasteiger partial charge in [0.1, 0.15) is 11.5 Å². The number of carbonyl (C=O) groups is 1. The number of benzene rings is 2. The summed E-state index contributed by atoms with van der Waals surface area (Å²) in [6.07, 6.45) is 4.37. The number of halogens is 1. The van der Waals surface area contributed by atoms with E-state index in [1.807, 2.05) is 47.9 Å². The molecule has 1 unspecified atom stereocenters. The van der Waals surface area contributed by atoms with Crippen LogP contribution < -0.4 is 14.8 Å². The molecule has 2 heterocycles. The number of aryl methyl sites for hydroxylation is 1. The van der Waals surface area contributed by atoms with Crippen LogP contribution >= 0.6 is 0 Å². The van der Waals surface area contributed by atoms with Gasteiger partial charge >= 0.3 is 0 Å². The van der Waals surface area contributed by atoms with Crippen molar-refractivity contribution in [3.63, 3.8) is 0 Å². The first-order valence-electron chi connectivity index (χ1n) is 11.2. The van der Waals surface area contributed by atoms with Crippen molar-refractivity contribution in [2.24, 2.45) is 0 Å². The summed E-state index contributed by atoms with van der Waals surface area (Å²) in [5.74, 6) is 0.337. The number of methoxy groups -OCH3 is 2. The normalized spacial score (nSPS) is 11.9. The van der Waals surface area contributed by atoms with Crippen molar-refractivity contribution in [1.29, 1.82) is 0 Å². The number of ether oxygens (including phenoxy) is 2. The summed E-state index contributed by atoms with van der Waals surface area (Å²) in [5, 5.41) is 2.97. The Balaban J connectivity index is 1.50. The van der Waals surface area contributed by atoms with Gasteiger partial charge in [-0.05, 0) is 60.4 Å². The van der Waals surface area contributed by atoms with Crippen molar-refractivity contribution in [3.8, 4) is 11.5 Å². The molecule has 0 aliphatic rings. The molecule has 1 N–H and O–H groups in total. The summed E-state index contributed by atoms with van der Waals surface area (Å²) < 4.78 is 27.3. The van der Waals surface area contributed by atoms with E-state index in [9.17, 15) is 9.18 Å². The highest BCUT2D eigenvalue weighted by atomic mass is 19.1. The molecule has 7 heteroatoms. The third kappa shape index (κ3) is 5.03. The molecule has 0 aliphatic carbocycles. The highest BCUT2D eigenvalue weighted by molar-refractivity contribution is 5.77. The van der Waals surface area contributed by atoms with E-state index in [1.165, 1.54) is 6.07 Å². The molecule has 2 aromatic carbocycles. The van der Waals surface area contributed by atoms with Crippen LogP contribution in [0.3, 0.4) is 0 Å². The van der Waals surface area contributed by atoms with Gasteiger partial charge in [0.25, 0.3) is 0 Å². The number of hydrogen-bond donors (Lipinski definition) is 1. The van der Waals surface area contributed by atoms with Gasteiger partial charge in [0.15, 0.2) is 11.5 Å². The summed E-state index contributed by atoms with van der Waals surface area (Å²) in [6, 6.07) is 16.2. The number of aromatic nitrogens is 2. The average Bonchev–Trinajstić information content (AvgIpc) is 3.25. The van der Waals surface area contributed by atoms with Gasteiger partial charge in [-0.3, -0.25) is 4.79 Å². The Hall–Kier alpha value is -3.87. The molecular weight excluding hydrogens is 433 g/mol. The number of amides is 1. The number of imidazole rings is 1. The molecule has 6 nitrogen and oxygen atoms in total. The fourth-order valence-corrected chi connectivity index (χ4v) is 4.13. The number of rotatable bonds is 9. The summed E-state index contributed by atoms with van der Waals surface area (Å²) in [6.45, 7) is 2.44. The minimum Gasteiger partial charge on any atom is -0.493 e. The molecule has 1 amide bonds. The zero-order valence-corrected chi connectivity index (χ0v) is 19.5. The van der Waals surface area contributed by atoms with Crippen molar-refractivity contribution in [2.45, 2.75) is 25.7 Å². The molecular formula is C27H28FN3O3. The Labute approximate surface area is 198 Å². The lowest BCUT2D eigenvalue weighted by Gasteiger charge is -2.18. The standard InChI is InChI=1S/C27H28FN3O3/c1-18-11-13-31-23(17-30-26(31)14-18)21(20-6-4-5-7-22(20)28)16-27(32)29-12-10-19-8-9-24(33-2)25(15-19)34-3/h4-9,11,13-15,17,21H,10,12,16H2,1-3H3,(H,29,32). The third-order valence-corrected chi connectivity index (χ3v) is 5.91. The van der Waals surface area contributed by atoms with Crippen molar-refractivity contribution >= 4 is 11.6 Å². The van der Waals surface area contributed by atoms with Gasteiger partial charge < -0.3 is 19.2 Å². The second-order valence-corrected chi connectivity index (χ2v) is 8.18. The van der Waals surface area contributed by atoms with Crippen LogP contribution in [0.25, 0.3) is 5.65 Å². The third-order valence-electron chi connectivity index (χ3n) is 5.91. The molecule has 2 aromatic heterocycles. The Morgan fingerprint density at radius 3 is 2.65 bits per heavy atom. The zero-order valence-electron chi connectivity index (χ0n) is 19.5. The van der Waals surface area contributed by atoms with Crippen molar-refractivity contribution in [2.75, 3.05) is 20.8 Å². The number of fused-ring (bicyclic) bond motifs is 1. The highest BCUT2D eigenvalue weighted by Crippen LogP contribution is 2.31. The van der Waals surface area contributed by atoms with Gasteiger partial charge in [0, 0.05) is 31.3 Å². The minimum atomic E-state index is -0.472. The van der Waals surface area contributed by atoms with Crippen LogP contribution in [0.4, 0.5) is 4.39 Å². The van der Waals surface area contributed by atoms with Gasteiger partial charge in [0.05, 0.1) is 19.9 Å². The monoisotopic (exact) mass is 461 g/mol. The maximum Gasteiger partial charge on any atom is 0.221 e. The first kappa shape index (κ1) is 23.3. The molecule has 0 saturated carbocycles. The van der Waals surface area contributed by atoms with Gasteiger partial charge in [-0.1, -0.05) is 24.3 Å². The lowest BCUT2D eigenvalue weighted by molar-refractivity contribution is -0.121. The van der Waals surface area contributed by atoms with Crippen molar-refractivity contribution in [3.05, 3.63) is 95.2 Å². The summed E-state index contributed by atoms with van der Waals surface area (Å²) in [5.41, 5.74) is 4.11. The van der Waals surface area contributed by atoms with Crippen LogP contribution in [-0.2, 0) is 11.2 Å². The van der Waals surface area contributed by atoms with E-state index in [1.54, 1.807) is 38.6 Å². The fraction of sp³-hybridized carbons (Fsp3) is 0.259. The molecule has 0 fully saturated rings. The van der Waals surface area contributed by atoms with E-state index in [0.29, 0.717) is 30.0 Å². The zero-order chi connectivity index (χ0) is 24.1. The first-order chi connectivity index (χ1) is 16.5. The quantitative estimate of drug-likeness (QED) is 0.393. The van der Waals surface area contributed by atoms with Crippen LogP contribution in [0.1, 0.15) is 34.7 Å². The van der Waals surface area contributed by atoms with Crippen LogP contribution in [0.5, 0.6) is 11.5 Å². The lowest BCUT2D eigenvalue weighted by atomic mass is 9.91. The summed E-state index contributed by atoms with van der Waals surface area (Å²) >= 11 is 0. The smallest absolute Gasteiger partial charge is 0.221 e. The Morgan fingerprint density at radius 2 is 1.88 bits per heavy atom. The Bertz CT molecular complexity index is 1300. The molecule has 4 rings (SSSR count). The van der Waals surface area contributed by atoms with Crippen molar-refractivity contribution in [1.82, 2.24) is 14.7 Å². The molecule has 0 radical (unpaired) electrons. The SMILES string of the molecule is COc1ccc(CCNC(=O)CC(c2ccccc2F)c2cnc3cc(C)ccn23)cc1OC. The molecule has 4 aromatic rings. The molecule has 0 bridgehead atoms. The molecule has 1 atom stereocenters. The topological polar surface area (TPSA) is 64.9 Å². The lowest BCUT2D eigenvalue weighted by Crippen LogP contribution is -2.28. The maximum atomic E-state index is 14.8. The number of nitrogens with zero attached hydrogens (tertiary/aromatic N) is 2. The molecule has 0 spiro atoms. The van der Waals surface area contributed by atoms with E-state index in [4.69, 9.17) is 9.47 Å². The number of pyridine rings is 1. The minimum absolute atomic E-state index is 0.106. The van der Waals surface area contributed by atoms with Crippen LogP contribution in [-0.4, -0.2) is 36.1 Å². The molecule has 0 aliphatic heterocycles. The van der Waals surface area contributed by atoms with E-state index in [2.05, 4.69) is 10.3 Å². The van der Waals surface area contributed by atoms with Crippen molar-refractivity contribution < 1.29 is 18.7 Å². The summed E-state index contributed by atoms with van der Waals surface area (Å²) in [7, 11) is 3.18. The largest absolute Gasteiger partial charge is 0.493 e.